The Labute approximate surface area is 192 Å². The number of alkyl carbamates (subject to hydrolysis) is 1. The molecule has 33 heavy (non-hydrogen) atoms. The Balaban J connectivity index is 1.57. The molecule has 2 saturated carbocycles. The van der Waals surface area contributed by atoms with Crippen LogP contribution in [0.5, 0.6) is 0 Å². The molecule has 0 radical (unpaired) electrons. The first-order valence-electron chi connectivity index (χ1n) is 12.1. The summed E-state index contributed by atoms with van der Waals surface area (Å²) in [6.45, 7) is 0.549. The van der Waals surface area contributed by atoms with Gasteiger partial charge in [0.1, 0.15) is 18.4 Å². The molecule has 0 aromatic heterocycles. The largest absolute Gasteiger partial charge is 0.446 e. The SMILES string of the molecule is O=C[C@H](C[C@@H]1CCNC1=O)NC(=O)[C@H](CC1CCCCC1)NC(=O)OC1CCC(F)(F)CC1. The Kier molecular flexibility index (Phi) is 9.02. The van der Waals surface area contributed by atoms with E-state index < -0.39 is 36.1 Å². The van der Waals surface area contributed by atoms with Gasteiger partial charge in [-0.3, -0.25) is 9.59 Å². The highest BCUT2D eigenvalue weighted by molar-refractivity contribution is 5.88. The molecule has 1 aliphatic heterocycles. The van der Waals surface area contributed by atoms with Gasteiger partial charge < -0.3 is 25.5 Å². The molecule has 3 amide bonds. The van der Waals surface area contributed by atoms with Crippen LogP contribution in [0.4, 0.5) is 13.6 Å². The van der Waals surface area contributed by atoms with Crippen molar-refractivity contribution in [3.05, 3.63) is 0 Å². The maximum absolute atomic E-state index is 13.4. The van der Waals surface area contributed by atoms with Crippen LogP contribution in [0.3, 0.4) is 0 Å². The lowest BCUT2D eigenvalue weighted by Gasteiger charge is -2.30. The molecular weight excluding hydrogens is 436 g/mol. The minimum Gasteiger partial charge on any atom is -0.446 e. The molecule has 1 saturated heterocycles. The number of carbonyl (C=O) groups is 4. The van der Waals surface area contributed by atoms with Gasteiger partial charge in [0.05, 0.1) is 6.04 Å². The van der Waals surface area contributed by atoms with Crippen LogP contribution in [0.15, 0.2) is 0 Å². The van der Waals surface area contributed by atoms with Crippen molar-refractivity contribution < 1.29 is 32.7 Å². The van der Waals surface area contributed by atoms with Crippen molar-refractivity contribution >= 4 is 24.2 Å². The molecular formula is C23H35F2N3O5. The summed E-state index contributed by atoms with van der Waals surface area (Å²) in [6, 6.07) is -1.73. The molecule has 0 aromatic carbocycles. The van der Waals surface area contributed by atoms with Crippen molar-refractivity contribution in [3.8, 4) is 0 Å². The predicted octanol–water partition coefficient (Wildman–Crippen LogP) is 2.84. The molecule has 8 nitrogen and oxygen atoms in total. The quantitative estimate of drug-likeness (QED) is 0.448. The molecule has 0 aromatic rings. The summed E-state index contributed by atoms with van der Waals surface area (Å²) >= 11 is 0. The van der Waals surface area contributed by atoms with E-state index >= 15 is 0 Å². The number of hydrogen-bond donors (Lipinski definition) is 3. The van der Waals surface area contributed by atoms with Gasteiger partial charge in [-0.1, -0.05) is 32.1 Å². The van der Waals surface area contributed by atoms with Crippen molar-refractivity contribution in [3.63, 3.8) is 0 Å². The van der Waals surface area contributed by atoms with E-state index in [4.69, 9.17) is 4.74 Å². The van der Waals surface area contributed by atoms with E-state index in [2.05, 4.69) is 16.0 Å². The van der Waals surface area contributed by atoms with Crippen LogP contribution in [-0.4, -0.2) is 54.8 Å². The Bertz CT molecular complexity index is 704. The number of aldehydes is 1. The smallest absolute Gasteiger partial charge is 0.408 e. The Morgan fingerprint density at radius 1 is 1.06 bits per heavy atom. The van der Waals surface area contributed by atoms with Gasteiger partial charge in [0.2, 0.25) is 17.7 Å². The summed E-state index contributed by atoms with van der Waals surface area (Å²) in [5.74, 6) is -3.42. The van der Waals surface area contributed by atoms with Crippen molar-refractivity contribution in [1.82, 2.24) is 16.0 Å². The normalized spacial score (nSPS) is 25.5. The van der Waals surface area contributed by atoms with Crippen molar-refractivity contribution in [1.29, 1.82) is 0 Å². The molecule has 186 valence electrons. The highest BCUT2D eigenvalue weighted by Crippen LogP contribution is 2.34. The number of halogens is 2. The second-order valence-electron chi connectivity index (χ2n) is 9.66. The molecule has 10 heteroatoms. The minimum atomic E-state index is -2.72. The lowest BCUT2D eigenvalue weighted by Crippen LogP contribution is -2.52. The molecule has 1 heterocycles. The number of hydrogen-bond acceptors (Lipinski definition) is 5. The topological polar surface area (TPSA) is 114 Å². The van der Waals surface area contributed by atoms with Crippen LogP contribution in [0.1, 0.15) is 77.0 Å². The van der Waals surface area contributed by atoms with Crippen LogP contribution in [0.2, 0.25) is 0 Å². The van der Waals surface area contributed by atoms with Gasteiger partial charge in [0.25, 0.3) is 0 Å². The summed E-state index contributed by atoms with van der Waals surface area (Å²) in [5.41, 5.74) is 0. The minimum absolute atomic E-state index is 0.0799. The lowest BCUT2D eigenvalue weighted by molar-refractivity contribution is -0.127. The fraction of sp³-hybridized carbons (Fsp3) is 0.826. The monoisotopic (exact) mass is 471 g/mol. The van der Waals surface area contributed by atoms with Crippen LogP contribution in [0, 0.1) is 11.8 Å². The fourth-order valence-corrected chi connectivity index (χ4v) is 5.06. The number of rotatable bonds is 9. The molecule has 0 bridgehead atoms. The van der Waals surface area contributed by atoms with Gasteiger partial charge >= 0.3 is 6.09 Å². The highest BCUT2D eigenvalue weighted by Gasteiger charge is 2.37. The van der Waals surface area contributed by atoms with E-state index in [-0.39, 0.29) is 49.8 Å². The summed E-state index contributed by atoms with van der Waals surface area (Å²) in [5, 5.41) is 7.99. The third kappa shape index (κ3) is 7.92. The lowest BCUT2D eigenvalue weighted by atomic mass is 9.84. The summed E-state index contributed by atoms with van der Waals surface area (Å²) in [6.07, 6.45) is 5.12. The molecule has 3 aliphatic rings. The molecule has 3 fully saturated rings. The number of alkyl halides is 2. The van der Waals surface area contributed by atoms with Crippen molar-refractivity contribution in [2.24, 2.45) is 11.8 Å². The zero-order valence-corrected chi connectivity index (χ0v) is 19.0. The highest BCUT2D eigenvalue weighted by atomic mass is 19.3. The standard InChI is InChI=1S/C23H35F2N3O5/c24-23(25)9-6-18(7-10-23)33-22(32)28-19(12-15-4-2-1-3-5-15)21(31)27-17(14-29)13-16-8-11-26-20(16)30/h14-19H,1-13H2,(H,26,30)(H,27,31)(H,28,32)/t16-,17-,19-/m0/s1. The summed E-state index contributed by atoms with van der Waals surface area (Å²) in [7, 11) is 0. The Morgan fingerprint density at radius 3 is 2.36 bits per heavy atom. The van der Waals surface area contributed by atoms with E-state index in [1.165, 1.54) is 0 Å². The number of nitrogens with one attached hydrogen (secondary N) is 3. The van der Waals surface area contributed by atoms with E-state index in [1.807, 2.05) is 0 Å². The van der Waals surface area contributed by atoms with Gasteiger partial charge in [-0.2, -0.15) is 0 Å². The molecule has 2 aliphatic carbocycles. The van der Waals surface area contributed by atoms with Gasteiger partial charge in [0, 0.05) is 25.3 Å². The second-order valence-corrected chi connectivity index (χ2v) is 9.66. The molecule has 0 spiro atoms. The average Bonchev–Trinajstić information content (AvgIpc) is 3.19. The van der Waals surface area contributed by atoms with Crippen LogP contribution in [0.25, 0.3) is 0 Å². The first-order valence-corrected chi connectivity index (χ1v) is 12.1. The number of ether oxygens (including phenoxy) is 1. The maximum Gasteiger partial charge on any atom is 0.408 e. The Morgan fingerprint density at radius 2 is 1.76 bits per heavy atom. The molecule has 3 atom stereocenters. The third-order valence-corrected chi connectivity index (χ3v) is 7.03. The van der Waals surface area contributed by atoms with Gasteiger partial charge in [-0.15, -0.1) is 0 Å². The fourth-order valence-electron chi connectivity index (χ4n) is 5.06. The van der Waals surface area contributed by atoms with E-state index in [0.29, 0.717) is 25.7 Å². The van der Waals surface area contributed by atoms with Crippen LogP contribution >= 0.6 is 0 Å². The van der Waals surface area contributed by atoms with E-state index in [1.54, 1.807) is 0 Å². The zero-order chi connectivity index (χ0) is 23.8. The first kappa shape index (κ1) is 25.4. The number of carbonyl (C=O) groups excluding carboxylic acids is 4. The second kappa shape index (κ2) is 11.7. The first-order chi connectivity index (χ1) is 15.8. The average molecular weight is 472 g/mol. The third-order valence-electron chi connectivity index (χ3n) is 7.03. The molecule has 0 unspecified atom stereocenters. The molecule has 3 rings (SSSR count). The van der Waals surface area contributed by atoms with Crippen molar-refractivity contribution in [2.45, 2.75) is 101 Å². The van der Waals surface area contributed by atoms with Gasteiger partial charge in [-0.25, -0.2) is 13.6 Å². The van der Waals surface area contributed by atoms with Crippen LogP contribution < -0.4 is 16.0 Å². The van der Waals surface area contributed by atoms with E-state index in [0.717, 1.165) is 32.1 Å². The van der Waals surface area contributed by atoms with Crippen LogP contribution in [-0.2, 0) is 19.1 Å². The zero-order valence-electron chi connectivity index (χ0n) is 19.0. The van der Waals surface area contributed by atoms with Gasteiger partial charge in [-0.05, 0) is 38.0 Å². The summed E-state index contributed by atoms with van der Waals surface area (Å²) in [4.78, 5) is 48.9. The summed E-state index contributed by atoms with van der Waals surface area (Å²) < 4.78 is 32.0. The van der Waals surface area contributed by atoms with Crippen molar-refractivity contribution in [2.75, 3.05) is 6.54 Å². The van der Waals surface area contributed by atoms with Gasteiger partial charge in [0.15, 0.2) is 0 Å². The predicted molar refractivity (Wildman–Crippen MR) is 116 cm³/mol. The number of amides is 3. The van der Waals surface area contributed by atoms with E-state index in [9.17, 15) is 28.0 Å². The molecule has 3 N–H and O–H groups in total. The Hall–Kier alpha value is -2.26. The maximum atomic E-state index is 13.4.